The molecule has 1 aliphatic carbocycles. The summed E-state index contributed by atoms with van der Waals surface area (Å²) in [5.74, 6) is 0. The second-order valence-corrected chi connectivity index (χ2v) is 8.46. The molecular formula is C16H26N2OS. The molecule has 1 atom stereocenters. The minimum Gasteiger partial charge on any atom is -0.368 e. The Morgan fingerprint density at radius 2 is 2.15 bits per heavy atom. The van der Waals surface area contributed by atoms with Crippen LogP contribution in [0.2, 0.25) is 0 Å². The Labute approximate surface area is 126 Å². The Balaban J connectivity index is 1.87. The molecule has 4 heteroatoms. The summed E-state index contributed by atoms with van der Waals surface area (Å²) in [6.45, 7) is 10.8. The molecule has 1 saturated carbocycles. The van der Waals surface area contributed by atoms with Crippen molar-refractivity contribution in [2.24, 2.45) is 0 Å². The first-order valence-corrected chi connectivity index (χ1v) is 8.58. The fraction of sp³-hybridized carbons (Fsp3) is 0.812. The van der Waals surface area contributed by atoms with Gasteiger partial charge in [-0.1, -0.05) is 20.8 Å². The van der Waals surface area contributed by atoms with Gasteiger partial charge in [-0.15, -0.1) is 11.3 Å². The van der Waals surface area contributed by atoms with E-state index in [0.717, 1.165) is 32.0 Å². The van der Waals surface area contributed by atoms with Crippen molar-refractivity contribution in [1.29, 1.82) is 0 Å². The van der Waals surface area contributed by atoms with E-state index in [4.69, 9.17) is 9.72 Å². The smallest absolute Gasteiger partial charge is 0.125 e. The maximum absolute atomic E-state index is 5.97. The SMILES string of the molecule is CC(C)(C)c1nc(C2(C)CCCO2)sc1CNC1CC1. The molecule has 3 nitrogen and oxygen atoms in total. The van der Waals surface area contributed by atoms with Crippen LogP contribution < -0.4 is 5.32 Å². The van der Waals surface area contributed by atoms with Gasteiger partial charge in [-0.25, -0.2) is 4.98 Å². The number of hydrogen-bond acceptors (Lipinski definition) is 4. The molecule has 1 aliphatic heterocycles. The summed E-state index contributed by atoms with van der Waals surface area (Å²) in [6.07, 6.45) is 4.91. The summed E-state index contributed by atoms with van der Waals surface area (Å²) in [7, 11) is 0. The monoisotopic (exact) mass is 294 g/mol. The van der Waals surface area contributed by atoms with Crippen LogP contribution in [0, 0.1) is 0 Å². The van der Waals surface area contributed by atoms with Gasteiger partial charge in [-0.05, 0) is 32.6 Å². The van der Waals surface area contributed by atoms with E-state index in [-0.39, 0.29) is 11.0 Å². The standard InChI is InChI=1S/C16H26N2OS/c1-15(2,3)13-12(10-17-11-6-7-11)20-14(18-13)16(4)8-5-9-19-16/h11,17H,5-10H2,1-4H3. The normalized spacial score (nSPS) is 27.2. The summed E-state index contributed by atoms with van der Waals surface area (Å²) in [5, 5.41) is 4.81. The number of aromatic nitrogens is 1. The lowest BCUT2D eigenvalue weighted by Crippen LogP contribution is -2.21. The first-order chi connectivity index (χ1) is 9.38. The number of thiazole rings is 1. The molecule has 0 spiro atoms. The zero-order valence-corrected chi connectivity index (χ0v) is 13.9. The second-order valence-electron chi connectivity index (χ2n) is 7.38. The average molecular weight is 294 g/mol. The summed E-state index contributed by atoms with van der Waals surface area (Å²) in [5.41, 5.74) is 1.20. The molecule has 0 bridgehead atoms. The fourth-order valence-electron chi connectivity index (χ4n) is 2.76. The molecule has 1 unspecified atom stereocenters. The zero-order valence-electron chi connectivity index (χ0n) is 13.1. The average Bonchev–Trinajstić information content (AvgIpc) is 2.90. The molecule has 1 aromatic heterocycles. The van der Waals surface area contributed by atoms with Crippen LogP contribution >= 0.6 is 11.3 Å². The van der Waals surface area contributed by atoms with Gasteiger partial charge >= 0.3 is 0 Å². The molecule has 3 rings (SSSR count). The first-order valence-electron chi connectivity index (χ1n) is 7.76. The van der Waals surface area contributed by atoms with Crippen molar-refractivity contribution in [2.45, 2.75) is 77.0 Å². The molecule has 1 aromatic rings. The van der Waals surface area contributed by atoms with Crippen LogP contribution in [0.25, 0.3) is 0 Å². The van der Waals surface area contributed by atoms with Gasteiger partial charge in [0.25, 0.3) is 0 Å². The van der Waals surface area contributed by atoms with Gasteiger partial charge in [0, 0.05) is 29.5 Å². The van der Waals surface area contributed by atoms with Crippen molar-refractivity contribution in [2.75, 3.05) is 6.61 Å². The molecule has 112 valence electrons. The molecule has 20 heavy (non-hydrogen) atoms. The van der Waals surface area contributed by atoms with E-state index in [1.54, 1.807) is 0 Å². The highest BCUT2D eigenvalue weighted by molar-refractivity contribution is 7.11. The van der Waals surface area contributed by atoms with E-state index in [1.165, 1.54) is 28.4 Å². The maximum atomic E-state index is 5.97. The highest BCUT2D eigenvalue weighted by Crippen LogP contribution is 2.41. The first kappa shape index (κ1) is 14.5. The van der Waals surface area contributed by atoms with Crippen LogP contribution in [-0.4, -0.2) is 17.6 Å². The van der Waals surface area contributed by atoms with E-state index >= 15 is 0 Å². The van der Waals surface area contributed by atoms with Gasteiger partial charge in [-0.3, -0.25) is 0 Å². The summed E-state index contributed by atoms with van der Waals surface area (Å²) >= 11 is 1.85. The van der Waals surface area contributed by atoms with Crippen LogP contribution in [0.15, 0.2) is 0 Å². The third-order valence-electron chi connectivity index (χ3n) is 4.21. The molecule has 2 fully saturated rings. The number of nitrogens with one attached hydrogen (secondary N) is 1. The Morgan fingerprint density at radius 1 is 1.40 bits per heavy atom. The third kappa shape index (κ3) is 2.92. The quantitative estimate of drug-likeness (QED) is 0.919. The number of ether oxygens (including phenoxy) is 1. The van der Waals surface area contributed by atoms with E-state index in [2.05, 4.69) is 33.0 Å². The van der Waals surface area contributed by atoms with Crippen molar-refractivity contribution >= 4 is 11.3 Å². The topological polar surface area (TPSA) is 34.1 Å². The van der Waals surface area contributed by atoms with Crippen molar-refractivity contribution in [1.82, 2.24) is 10.3 Å². The van der Waals surface area contributed by atoms with E-state index in [0.29, 0.717) is 0 Å². The lowest BCUT2D eigenvalue weighted by atomic mass is 9.91. The van der Waals surface area contributed by atoms with E-state index in [1.807, 2.05) is 11.3 Å². The molecular weight excluding hydrogens is 268 g/mol. The molecule has 2 heterocycles. The van der Waals surface area contributed by atoms with Crippen LogP contribution in [0.3, 0.4) is 0 Å². The lowest BCUT2D eigenvalue weighted by Gasteiger charge is -2.20. The predicted octanol–water partition coefficient (Wildman–Crippen LogP) is 3.72. The molecule has 0 amide bonds. The number of hydrogen-bond donors (Lipinski definition) is 1. The van der Waals surface area contributed by atoms with Gasteiger partial charge in [0.1, 0.15) is 10.6 Å². The van der Waals surface area contributed by atoms with Crippen molar-refractivity contribution < 1.29 is 4.74 Å². The van der Waals surface area contributed by atoms with Gasteiger partial charge in [0.05, 0.1) is 5.69 Å². The van der Waals surface area contributed by atoms with Crippen molar-refractivity contribution in [3.63, 3.8) is 0 Å². The van der Waals surface area contributed by atoms with Crippen LogP contribution in [0.4, 0.5) is 0 Å². The lowest BCUT2D eigenvalue weighted by molar-refractivity contribution is 0.0164. The fourth-order valence-corrected chi connectivity index (χ4v) is 4.11. The highest BCUT2D eigenvalue weighted by atomic mass is 32.1. The van der Waals surface area contributed by atoms with Gasteiger partial charge < -0.3 is 10.1 Å². The molecule has 1 N–H and O–H groups in total. The van der Waals surface area contributed by atoms with Crippen LogP contribution in [0.1, 0.15) is 69.0 Å². The van der Waals surface area contributed by atoms with Crippen LogP contribution in [-0.2, 0) is 22.3 Å². The summed E-state index contributed by atoms with van der Waals surface area (Å²) in [4.78, 5) is 6.39. The Bertz CT molecular complexity index is 479. The Kier molecular flexibility index (Phi) is 3.68. The maximum Gasteiger partial charge on any atom is 0.125 e. The number of nitrogens with zero attached hydrogens (tertiary/aromatic N) is 1. The van der Waals surface area contributed by atoms with Gasteiger partial charge in [0.2, 0.25) is 0 Å². The Hall–Kier alpha value is -0.450. The van der Waals surface area contributed by atoms with E-state index in [9.17, 15) is 0 Å². The predicted molar refractivity (Wildman–Crippen MR) is 83.2 cm³/mol. The summed E-state index contributed by atoms with van der Waals surface area (Å²) in [6, 6.07) is 0.742. The van der Waals surface area contributed by atoms with Gasteiger partial charge in [-0.2, -0.15) is 0 Å². The molecule has 1 saturated heterocycles. The van der Waals surface area contributed by atoms with Crippen molar-refractivity contribution in [3.8, 4) is 0 Å². The highest BCUT2D eigenvalue weighted by Gasteiger charge is 2.37. The molecule has 0 radical (unpaired) electrons. The minimum atomic E-state index is -0.150. The minimum absolute atomic E-state index is 0.101. The zero-order chi connectivity index (χ0) is 14.4. The van der Waals surface area contributed by atoms with Crippen LogP contribution in [0.5, 0.6) is 0 Å². The number of rotatable bonds is 4. The van der Waals surface area contributed by atoms with Crippen molar-refractivity contribution in [3.05, 3.63) is 15.6 Å². The van der Waals surface area contributed by atoms with Gasteiger partial charge in [0.15, 0.2) is 0 Å². The molecule has 2 aliphatic rings. The second kappa shape index (κ2) is 5.08. The largest absolute Gasteiger partial charge is 0.368 e. The summed E-state index contributed by atoms with van der Waals surface area (Å²) < 4.78 is 5.97. The molecule has 0 aromatic carbocycles. The van der Waals surface area contributed by atoms with E-state index < -0.39 is 0 Å². The Morgan fingerprint density at radius 3 is 2.70 bits per heavy atom. The third-order valence-corrected chi connectivity index (χ3v) is 5.51.